The second kappa shape index (κ2) is 7.94. The van der Waals surface area contributed by atoms with E-state index in [4.69, 9.17) is 4.42 Å². The molecule has 1 aliphatic rings. The minimum absolute atomic E-state index is 0.0646. The Bertz CT molecular complexity index is 985. The standard InChI is InChI=1S/C22H21FN2O3/c23-18-7-2-4-15(11-18)12-19-13-24-21(28-19)20-8-3-9-25(20)14-16-5-1-6-17(10-16)22(26)27/h1-2,4-7,10-11,13,20H,3,8-9,12,14H2,(H,26,27)/t20-/m1/s1. The van der Waals surface area contributed by atoms with Crippen LogP contribution in [0.2, 0.25) is 0 Å². The Morgan fingerprint density at radius 3 is 2.86 bits per heavy atom. The number of carboxylic acids is 1. The van der Waals surface area contributed by atoms with Crippen LogP contribution in [-0.4, -0.2) is 27.5 Å². The van der Waals surface area contributed by atoms with Crippen LogP contribution < -0.4 is 0 Å². The third-order valence-corrected chi connectivity index (χ3v) is 5.05. The third kappa shape index (κ3) is 4.12. The topological polar surface area (TPSA) is 66.6 Å². The van der Waals surface area contributed by atoms with Crippen LogP contribution in [0.3, 0.4) is 0 Å². The fourth-order valence-electron chi connectivity index (χ4n) is 3.74. The summed E-state index contributed by atoms with van der Waals surface area (Å²) < 4.78 is 19.3. The second-order valence-electron chi connectivity index (χ2n) is 7.11. The van der Waals surface area contributed by atoms with E-state index in [0.717, 1.165) is 30.5 Å². The summed E-state index contributed by atoms with van der Waals surface area (Å²) in [6.07, 6.45) is 4.18. The van der Waals surface area contributed by atoms with Crippen molar-refractivity contribution in [1.29, 1.82) is 0 Å². The molecule has 0 bridgehead atoms. The summed E-state index contributed by atoms with van der Waals surface area (Å²) in [5.74, 6) is 0.191. The molecule has 0 radical (unpaired) electrons. The summed E-state index contributed by atoms with van der Waals surface area (Å²) >= 11 is 0. The first-order valence-corrected chi connectivity index (χ1v) is 9.34. The van der Waals surface area contributed by atoms with Crippen molar-refractivity contribution < 1.29 is 18.7 Å². The maximum absolute atomic E-state index is 13.4. The van der Waals surface area contributed by atoms with E-state index in [1.165, 1.54) is 12.1 Å². The molecule has 0 aliphatic carbocycles. The van der Waals surface area contributed by atoms with Crippen molar-refractivity contribution in [2.45, 2.75) is 31.8 Å². The minimum atomic E-state index is -0.922. The Morgan fingerprint density at radius 2 is 2.04 bits per heavy atom. The van der Waals surface area contributed by atoms with Crippen LogP contribution >= 0.6 is 0 Å². The maximum atomic E-state index is 13.4. The number of likely N-dealkylation sites (tertiary alicyclic amines) is 1. The summed E-state index contributed by atoms with van der Waals surface area (Å²) in [5.41, 5.74) is 2.09. The lowest BCUT2D eigenvalue weighted by Crippen LogP contribution is -2.23. The summed E-state index contributed by atoms with van der Waals surface area (Å²) in [4.78, 5) is 17.9. The van der Waals surface area contributed by atoms with E-state index in [1.54, 1.807) is 30.5 Å². The molecule has 1 N–H and O–H groups in total. The van der Waals surface area contributed by atoms with Gasteiger partial charge >= 0.3 is 5.97 Å². The van der Waals surface area contributed by atoms with Crippen molar-refractivity contribution in [2.75, 3.05) is 6.54 Å². The first-order chi connectivity index (χ1) is 13.6. The van der Waals surface area contributed by atoms with Crippen LogP contribution in [0.25, 0.3) is 0 Å². The highest BCUT2D eigenvalue weighted by molar-refractivity contribution is 5.87. The number of aromatic carboxylic acids is 1. The Labute approximate surface area is 162 Å². The quantitative estimate of drug-likeness (QED) is 0.685. The number of hydrogen-bond donors (Lipinski definition) is 1. The van der Waals surface area contributed by atoms with E-state index in [0.29, 0.717) is 30.2 Å². The zero-order chi connectivity index (χ0) is 19.5. The predicted molar refractivity (Wildman–Crippen MR) is 101 cm³/mol. The summed E-state index contributed by atoms with van der Waals surface area (Å²) in [6, 6.07) is 13.6. The molecule has 2 aromatic carbocycles. The average molecular weight is 380 g/mol. The van der Waals surface area contributed by atoms with E-state index in [9.17, 15) is 14.3 Å². The van der Waals surface area contributed by atoms with Gasteiger partial charge in [-0.3, -0.25) is 4.90 Å². The molecule has 144 valence electrons. The van der Waals surface area contributed by atoms with Gasteiger partial charge in [-0.15, -0.1) is 0 Å². The molecule has 4 rings (SSSR count). The van der Waals surface area contributed by atoms with E-state index in [2.05, 4.69) is 9.88 Å². The SMILES string of the molecule is O=C(O)c1cccc(CN2CCC[C@@H]2c2ncc(Cc3cccc(F)c3)o2)c1. The van der Waals surface area contributed by atoms with Crippen molar-refractivity contribution >= 4 is 5.97 Å². The number of carbonyl (C=O) groups is 1. The van der Waals surface area contributed by atoms with Crippen LogP contribution in [0, 0.1) is 5.82 Å². The van der Waals surface area contributed by atoms with Gasteiger partial charge in [0.05, 0.1) is 17.8 Å². The van der Waals surface area contributed by atoms with Crippen LogP contribution in [0.5, 0.6) is 0 Å². The lowest BCUT2D eigenvalue weighted by molar-refractivity contribution is 0.0696. The molecule has 2 heterocycles. The Morgan fingerprint density at radius 1 is 1.21 bits per heavy atom. The fourth-order valence-corrected chi connectivity index (χ4v) is 3.74. The van der Waals surface area contributed by atoms with Gasteiger partial charge in [0.15, 0.2) is 0 Å². The molecule has 28 heavy (non-hydrogen) atoms. The molecular weight excluding hydrogens is 359 g/mol. The average Bonchev–Trinajstić information content (AvgIpc) is 3.31. The maximum Gasteiger partial charge on any atom is 0.335 e. The van der Waals surface area contributed by atoms with Crippen LogP contribution in [0.4, 0.5) is 4.39 Å². The number of rotatable bonds is 6. The number of oxazole rings is 1. The fraction of sp³-hybridized carbons (Fsp3) is 0.273. The predicted octanol–water partition coefficient (Wildman–Crippen LogP) is 4.44. The number of benzene rings is 2. The highest BCUT2D eigenvalue weighted by Gasteiger charge is 2.30. The van der Waals surface area contributed by atoms with Crippen molar-refractivity contribution in [3.05, 3.63) is 88.9 Å². The molecule has 1 aliphatic heterocycles. The smallest absolute Gasteiger partial charge is 0.335 e. The number of halogens is 1. The second-order valence-corrected chi connectivity index (χ2v) is 7.11. The largest absolute Gasteiger partial charge is 0.478 e. The summed E-state index contributed by atoms with van der Waals surface area (Å²) in [7, 11) is 0. The molecule has 1 atom stereocenters. The highest BCUT2D eigenvalue weighted by atomic mass is 19.1. The molecule has 6 heteroatoms. The van der Waals surface area contributed by atoms with E-state index in [-0.39, 0.29) is 11.9 Å². The Kier molecular flexibility index (Phi) is 5.21. The minimum Gasteiger partial charge on any atom is -0.478 e. The molecule has 0 spiro atoms. The van der Waals surface area contributed by atoms with Crippen LogP contribution in [0.15, 0.2) is 59.1 Å². The molecule has 3 aromatic rings. The van der Waals surface area contributed by atoms with Gasteiger partial charge in [0.25, 0.3) is 0 Å². The number of carboxylic acid groups (broad SMARTS) is 1. The summed E-state index contributed by atoms with van der Waals surface area (Å²) in [6.45, 7) is 1.55. The van der Waals surface area contributed by atoms with Gasteiger partial charge in [-0.2, -0.15) is 0 Å². The molecule has 0 unspecified atom stereocenters. The highest BCUT2D eigenvalue weighted by Crippen LogP contribution is 2.33. The lowest BCUT2D eigenvalue weighted by atomic mass is 10.1. The van der Waals surface area contributed by atoms with Gasteiger partial charge < -0.3 is 9.52 Å². The van der Waals surface area contributed by atoms with E-state index < -0.39 is 5.97 Å². The molecule has 5 nitrogen and oxygen atoms in total. The van der Waals surface area contributed by atoms with Crippen molar-refractivity contribution in [3.8, 4) is 0 Å². The Hall–Kier alpha value is -2.99. The first-order valence-electron chi connectivity index (χ1n) is 9.34. The number of aromatic nitrogens is 1. The van der Waals surface area contributed by atoms with Gasteiger partial charge in [0.1, 0.15) is 11.6 Å². The first kappa shape index (κ1) is 18.4. The van der Waals surface area contributed by atoms with Crippen molar-refractivity contribution in [2.24, 2.45) is 0 Å². The zero-order valence-corrected chi connectivity index (χ0v) is 15.3. The third-order valence-electron chi connectivity index (χ3n) is 5.05. The van der Waals surface area contributed by atoms with E-state index >= 15 is 0 Å². The van der Waals surface area contributed by atoms with E-state index in [1.807, 2.05) is 12.1 Å². The van der Waals surface area contributed by atoms with Crippen LogP contribution in [-0.2, 0) is 13.0 Å². The van der Waals surface area contributed by atoms with Gasteiger partial charge in [0.2, 0.25) is 5.89 Å². The summed E-state index contributed by atoms with van der Waals surface area (Å²) in [5, 5.41) is 9.18. The lowest BCUT2D eigenvalue weighted by Gasteiger charge is -2.22. The molecule has 0 amide bonds. The van der Waals surface area contributed by atoms with Gasteiger partial charge in [-0.1, -0.05) is 24.3 Å². The van der Waals surface area contributed by atoms with Gasteiger partial charge in [-0.05, 0) is 54.8 Å². The number of hydrogen-bond acceptors (Lipinski definition) is 4. The monoisotopic (exact) mass is 380 g/mol. The molecule has 0 saturated carbocycles. The van der Waals surface area contributed by atoms with Crippen molar-refractivity contribution in [1.82, 2.24) is 9.88 Å². The van der Waals surface area contributed by atoms with Gasteiger partial charge in [-0.25, -0.2) is 14.2 Å². The van der Waals surface area contributed by atoms with Gasteiger partial charge in [0, 0.05) is 13.0 Å². The molecule has 1 aromatic heterocycles. The van der Waals surface area contributed by atoms with Crippen molar-refractivity contribution in [3.63, 3.8) is 0 Å². The molecular formula is C22H21FN2O3. The van der Waals surface area contributed by atoms with Crippen LogP contribution in [0.1, 0.15) is 52.0 Å². The zero-order valence-electron chi connectivity index (χ0n) is 15.3. The number of nitrogens with zero attached hydrogens (tertiary/aromatic N) is 2. The Balaban J connectivity index is 1.47. The normalized spacial score (nSPS) is 17.1. The molecule has 1 saturated heterocycles. The molecule has 1 fully saturated rings.